The molecular weight excluding hydrogens is 326 g/mol. The molecule has 0 bridgehead atoms. The van der Waals surface area contributed by atoms with Gasteiger partial charge < -0.3 is 15.0 Å². The van der Waals surface area contributed by atoms with Crippen molar-refractivity contribution in [1.29, 1.82) is 5.41 Å². The largest absolute Gasteiger partial charge is 0.465 e. The summed E-state index contributed by atoms with van der Waals surface area (Å²) in [4.78, 5) is 6.68. The van der Waals surface area contributed by atoms with Crippen LogP contribution >= 0.6 is 27.3 Å². The Labute approximate surface area is 126 Å². The highest BCUT2D eigenvalue weighted by Gasteiger charge is 2.30. The maximum Gasteiger partial charge on any atom is 0.294 e. The Morgan fingerprint density at radius 2 is 2.32 bits per heavy atom. The zero-order valence-electron chi connectivity index (χ0n) is 11.1. The fourth-order valence-electron chi connectivity index (χ4n) is 2.07. The lowest BCUT2D eigenvalue weighted by molar-refractivity contribution is 0.216. The summed E-state index contributed by atoms with van der Waals surface area (Å²) in [5, 5.41) is 8.67. The van der Waals surface area contributed by atoms with Crippen LogP contribution < -0.4 is 0 Å². The van der Waals surface area contributed by atoms with E-state index in [2.05, 4.69) is 45.7 Å². The van der Waals surface area contributed by atoms with Gasteiger partial charge in [-0.3, -0.25) is 0 Å². The molecule has 1 N–H and O–H groups in total. The molecule has 2 heterocycles. The summed E-state index contributed by atoms with van der Waals surface area (Å²) in [6, 6.07) is 2.64. The summed E-state index contributed by atoms with van der Waals surface area (Å²) in [5.41, 5.74) is 1.09. The van der Waals surface area contributed by atoms with Gasteiger partial charge in [0.05, 0.1) is 16.4 Å². The molecule has 0 aromatic carbocycles. The van der Waals surface area contributed by atoms with Gasteiger partial charge in [-0.1, -0.05) is 13.8 Å². The van der Waals surface area contributed by atoms with Gasteiger partial charge in [-0.15, -0.1) is 11.3 Å². The normalized spacial score (nSPS) is 17.9. The Morgan fingerprint density at radius 3 is 2.95 bits per heavy atom. The average molecular weight is 344 g/mol. The molecule has 6 heteroatoms. The summed E-state index contributed by atoms with van der Waals surface area (Å²) < 4.78 is 6.80. The van der Waals surface area contributed by atoms with E-state index >= 15 is 0 Å². The number of hydrogen-bond acceptors (Lipinski definition) is 5. The molecule has 1 unspecified atom stereocenters. The van der Waals surface area contributed by atoms with E-state index in [-0.39, 0.29) is 6.04 Å². The van der Waals surface area contributed by atoms with E-state index in [1.54, 1.807) is 11.3 Å². The summed E-state index contributed by atoms with van der Waals surface area (Å²) in [6.07, 6.45) is 3.42. The van der Waals surface area contributed by atoms with Crippen LogP contribution in [-0.4, -0.2) is 30.3 Å². The van der Waals surface area contributed by atoms with Crippen molar-refractivity contribution in [2.24, 2.45) is 4.99 Å². The van der Waals surface area contributed by atoms with Crippen LogP contribution in [0.15, 0.2) is 14.8 Å². The zero-order chi connectivity index (χ0) is 13.8. The van der Waals surface area contributed by atoms with Gasteiger partial charge in [-0.2, -0.15) is 4.99 Å². The number of amidine groups is 1. The molecule has 0 fully saturated rings. The lowest BCUT2D eigenvalue weighted by Crippen LogP contribution is -2.39. The highest BCUT2D eigenvalue weighted by Crippen LogP contribution is 2.42. The van der Waals surface area contributed by atoms with Gasteiger partial charge in [0.2, 0.25) is 0 Å². The molecule has 1 aliphatic heterocycles. The van der Waals surface area contributed by atoms with Gasteiger partial charge in [0.25, 0.3) is 6.02 Å². The SMILES string of the molecule is CCCOC1=Nc2sc(Br)cc2C(C=N)N1CCC. The van der Waals surface area contributed by atoms with Gasteiger partial charge in [0, 0.05) is 18.3 Å². The van der Waals surface area contributed by atoms with Gasteiger partial charge in [0.15, 0.2) is 0 Å². The molecule has 0 spiro atoms. The summed E-state index contributed by atoms with van der Waals surface area (Å²) in [7, 11) is 0. The van der Waals surface area contributed by atoms with E-state index in [1.807, 2.05) is 0 Å². The van der Waals surface area contributed by atoms with Crippen molar-refractivity contribution in [3.8, 4) is 0 Å². The van der Waals surface area contributed by atoms with Crippen molar-refractivity contribution in [2.75, 3.05) is 13.2 Å². The third kappa shape index (κ3) is 3.00. The van der Waals surface area contributed by atoms with Crippen LogP contribution in [0.2, 0.25) is 0 Å². The average Bonchev–Trinajstić information content (AvgIpc) is 2.76. The molecular formula is C13H18BrN3OS. The standard InChI is InChI=1S/C13H18BrN3OS/c1-3-5-17-10(8-15)9-7-11(14)19-12(9)16-13(17)18-6-4-2/h7-8,10,15H,3-6H2,1-2H3. The second-order valence-corrected chi connectivity index (χ2v) is 6.77. The number of hydrogen-bond donors (Lipinski definition) is 1. The molecule has 1 atom stereocenters. The third-order valence-corrected chi connectivity index (χ3v) is 4.41. The van der Waals surface area contributed by atoms with E-state index in [4.69, 9.17) is 10.1 Å². The van der Waals surface area contributed by atoms with E-state index in [0.29, 0.717) is 12.6 Å². The maximum absolute atomic E-state index is 7.73. The fraction of sp³-hybridized carbons (Fsp3) is 0.538. The molecule has 0 aliphatic carbocycles. The first kappa shape index (κ1) is 14.5. The molecule has 0 radical (unpaired) electrons. The molecule has 4 nitrogen and oxygen atoms in total. The van der Waals surface area contributed by atoms with Gasteiger partial charge >= 0.3 is 0 Å². The second kappa shape index (κ2) is 6.52. The number of fused-ring (bicyclic) bond motifs is 1. The van der Waals surface area contributed by atoms with E-state index in [1.165, 1.54) is 6.21 Å². The monoisotopic (exact) mass is 343 g/mol. The van der Waals surface area contributed by atoms with Gasteiger partial charge in [0.1, 0.15) is 5.00 Å². The van der Waals surface area contributed by atoms with E-state index < -0.39 is 0 Å². The van der Waals surface area contributed by atoms with Crippen LogP contribution in [0.4, 0.5) is 5.00 Å². The summed E-state index contributed by atoms with van der Waals surface area (Å²) in [5.74, 6) is 0. The number of thiophene rings is 1. The van der Waals surface area contributed by atoms with Crippen molar-refractivity contribution >= 4 is 44.5 Å². The van der Waals surface area contributed by atoms with Gasteiger partial charge in [-0.25, -0.2) is 0 Å². The Morgan fingerprint density at radius 1 is 1.53 bits per heavy atom. The number of halogens is 1. The van der Waals surface area contributed by atoms with Crippen molar-refractivity contribution < 1.29 is 4.74 Å². The van der Waals surface area contributed by atoms with Crippen LogP contribution in [0.25, 0.3) is 0 Å². The Hall–Kier alpha value is -0.880. The number of nitrogens with zero attached hydrogens (tertiary/aromatic N) is 2. The minimum atomic E-state index is -0.0677. The predicted octanol–water partition coefficient (Wildman–Crippen LogP) is 4.34. The highest BCUT2D eigenvalue weighted by molar-refractivity contribution is 9.11. The van der Waals surface area contributed by atoms with Crippen molar-refractivity contribution in [2.45, 2.75) is 32.7 Å². The number of nitrogens with one attached hydrogen (secondary N) is 1. The fourth-order valence-corrected chi connectivity index (χ4v) is 3.56. The van der Waals surface area contributed by atoms with Crippen molar-refractivity contribution in [3.63, 3.8) is 0 Å². The van der Waals surface area contributed by atoms with Crippen LogP contribution in [-0.2, 0) is 4.74 Å². The molecule has 19 heavy (non-hydrogen) atoms. The van der Waals surface area contributed by atoms with E-state index in [9.17, 15) is 0 Å². The Bertz CT molecular complexity index is 486. The number of ether oxygens (including phenoxy) is 1. The first-order chi connectivity index (χ1) is 9.21. The van der Waals surface area contributed by atoms with Crippen LogP contribution in [0.5, 0.6) is 0 Å². The molecule has 0 saturated heterocycles. The maximum atomic E-state index is 7.73. The molecule has 0 saturated carbocycles. The Balaban J connectivity index is 2.37. The topological polar surface area (TPSA) is 48.7 Å². The van der Waals surface area contributed by atoms with Gasteiger partial charge in [-0.05, 0) is 34.8 Å². The van der Waals surface area contributed by atoms with Crippen LogP contribution in [0.3, 0.4) is 0 Å². The molecule has 1 aromatic heterocycles. The third-order valence-electron chi connectivity index (χ3n) is 2.87. The summed E-state index contributed by atoms with van der Waals surface area (Å²) in [6.45, 7) is 5.70. The first-order valence-corrected chi connectivity index (χ1v) is 8.10. The number of rotatable bonds is 5. The second-order valence-electron chi connectivity index (χ2n) is 4.36. The lowest BCUT2D eigenvalue weighted by Gasteiger charge is -2.33. The highest BCUT2D eigenvalue weighted by atomic mass is 79.9. The first-order valence-electron chi connectivity index (χ1n) is 6.49. The molecule has 1 aliphatic rings. The smallest absolute Gasteiger partial charge is 0.294 e. The molecule has 104 valence electrons. The van der Waals surface area contributed by atoms with Crippen molar-refractivity contribution in [3.05, 3.63) is 15.4 Å². The minimum Gasteiger partial charge on any atom is -0.465 e. The Kier molecular flexibility index (Phi) is 4.99. The van der Waals surface area contributed by atoms with Crippen LogP contribution in [0, 0.1) is 5.41 Å². The van der Waals surface area contributed by atoms with Crippen LogP contribution in [0.1, 0.15) is 38.3 Å². The lowest BCUT2D eigenvalue weighted by atomic mass is 10.1. The predicted molar refractivity (Wildman–Crippen MR) is 83.9 cm³/mol. The molecule has 1 aromatic rings. The quantitative estimate of drug-likeness (QED) is 0.808. The zero-order valence-corrected chi connectivity index (χ0v) is 13.6. The minimum absolute atomic E-state index is 0.0677. The number of aliphatic imine (C=N–C) groups is 1. The van der Waals surface area contributed by atoms with Crippen molar-refractivity contribution in [1.82, 2.24) is 4.90 Å². The molecule has 2 rings (SSSR count). The van der Waals surface area contributed by atoms with E-state index in [0.717, 1.165) is 33.7 Å². The summed E-state index contributed by atoms with van der Waals surface area (Å²) >= 11 is 5.08. The molecule has 0 amide bonds.